The van der Waals surface area contributed by atoms with E-state index in [1.807, 2.05) is 36.4 Å². The standard InChI is InChI=1S/C24H22N4O4S2/c1-28(2)34(31,32)19-7-5-6-17(14-19)23(30)25-15-22(29)26-18-12-10-16(11-13-18)24-27-20-8-3-4-9-21(20)33-24/h3-14H,15H2,1-2H3,(H,25,30)(H,26,29). The molecule has 0 saturated heterocycles. The molecule has 0 aliphatic rings. The van der Waals surface area contributed by atoms with E-state index < -0.39 is 21.8 Å². The number of rotatable bonds is 7. The van der Waals surface area contributed by atoms with Gasteiger partial charge < -0.3 is 10.6 Å². The smallest absolute Gasteiger partial charge is 0.251 e. The second-order valence-corrected chi connectivity index (χ2v) is 10.8. The number of nitrogens with one attached hydrogen (secondary N) is 2. The molecule has 2 amide bonds. The molecule has 0 aliphatic heterocycles. The highest BCUT2D eigenvalue weighted by molar-refractivity contribution is 7.89. The first kappa shape index (κ1) is 23.6. The average Bonchev–Trinajstić information content (AvgIpc) is 3.27. The van der Waals surface area contributed by atoms with Gasteiger partial charge in [-0.15, -0.1) is 11.3 Å². The summed E-state index contributed by atoms with van der Waals surface area (Å²) in [5.41, 5.74) is 2.62. The van der Waals surface area contributed by atoms with Gasteiger partial charge in [0.1, 0.15) is 5.01 Å². The molecule has 3 aromatic carbocycles. The molecule has 0 bridgehead atoms. The number of sulfonamides is 1. The van der Waals surface area contributed by atoms with Gasteiger partial charge in [-0.25, -0.2) is 17.7 Å². The summed E-state index contributed by atoms with van der Waals surface area (Å²) in [5, 5.41) is 6.14. The van der Waals surface area contributed by atoms with E-state index in [-0.39, 0.29) is 17.0 Å². The average molecular weight is 495 g/mol. The van der Waals surface area contributed by atoms with Crippen LogP contribution in [-0.4, -0.2) is 50.2 Å². The molecule has 1 aromatic heterocycles. The molecule has 10 heteroatoms. The lowest BCUT2D eigenvalue weighted by Gasteiger charge is -2.12. The molecule has 1 heterocycles. The molecular weight excluding hydrogens is 472 g/mol. The van der Waals surface area contributed by atoms with Crippen LogP contribution in [0.3, 0.4) is 0 Å². The molecule has 4 aromatic rings. The van der Waals surface area contributed by atoms with Gasteiger partial charge in [0.25, 0.3) is 5.91 Å². The lowest BCUT2D eigenvalue weighted by molar-refractivity contribution is -0.115. The second-order valence-electron chi connectivity index (χ2n) is 7.61. The summed E-state index contributed by atoms with van der Waals surface area (Å²) in [5.74, 6) is -0.949. The van der Waals surface area contributed by atoms with E-state index in [4.69, 9.17) is 0 Å². The van der Waals surface area contributed by atoms with E-state index in [2.05, 4.69) is 15.6 Å². The van der Waals surface area contributed by atoms with E-state index in [9.17, 15) is 18.0 Å². The van der Waals surface area contributed by atoms with Gasteiger partial charge in [-0.2, -0.15) is 0 Å². The topological polar surface area (TPSA) is 108 Å². The molecule has 2 N–H and O–H groups in total. The Bertz CT molecular complexity index is 1430. The van der Waals surface area contributed by atoms with Crippen LogP contribution >= 0.6 is 11.3 Å². The normalized spacial score (nSPS) is 11.5. The van der Waals surface area contributed by atoms with Crippen molar-refractivity contribution in [3.05, 3.63) is 78.4 Å². The Kier molecular flexibility index (Phi) is 6.73. The number of benzene rings is 3. The number of thiazole rings is 1. The predicted octanol–water partition coefficient (Wildman–Crippen LogP) is 3.58. The van der Waals surface area contributed by atoms with Crippen LogP contribution in [-0.2, 0) is 14.8 Å². The molecule has 0 aliphatic carbocycles. The summed E-state index contributed by atoms with van der Waals surface area (Å²) in [6.45, 7) is -0.261. The van der Waals surface area contributed by atoms with Gasteiger partial charge in [0, 0.05) is 30.9 Å². The quantitative estimate of drug-likeness (QED) is 0.408. The van der Waals surface area contributed by atoms with Crippen LogP contribution in [0.15, 0.2) is 77.7 Å². The Morgan fingerprint density at radius 2 is 1.71 bits per heavy atom. The highest BCUT2D eigenvalue weighted by Crippen LogP contribution is 2.30. The fourth-order valence-electron chi connectivity index (χ4n) is 3.17. The zero-order valence-electron chi connectivity index (χ0n) is 18.5. The van der Waals surface area contributed by atoms with Crippen molar-refractivity contribution >= 4 is 49.1 Å². The van der Waals surface area contributed by atoms with E-state index >= 15 is 0 Å². The van der Waals surface area contributed by atoms with Crippen LogP contribution < -0.4 is 10.6 Å². The number of carbonyl (C=O) groups is 2. The van der Waals surface area contributed by atoms with E-state index in [0.717, 1.165) is 25.1 Å². The third-order valence-corrected chi connectivity index (χ3v) is 7.89. The highest BCUT2D eigenvalue weighted by Gasteiger charge is 2.19. The maximum Gasteiger partial charge on any atom is 0.251 e. The zero-order chi connectivity index (χ0) is 24.3. The summed E-state index contributed by atoms with van der Waals surface area (Å²) in [6, 6.07) is 20.9. The summed E-state index contributed by atoms with van der Waals surface area (Å²) in [6.07, 6.45) is 0. The summed E-state index contributed by atoms with van der Waals surface area (Å²) in [7, 11) is -0.837. The van der Waals surface area contributed by atoms with E-state index in [0.29, 0.717) is 5.69 Å². The van der Waals surface area contributed by atoms with E-state index in [1.54, 1.807) is 23.5 Å². The monoisotopic (exact) mass is 494 g/mol. The predicted molar refractivity (Wildman–Crippen MR) is 133 cm³/mol. The molecule has 0 atom stereocenters. The van der Waals surface area contributed by atoms with Crippen molar-refractivity contribution in [1.29, 1.82) is 0 Å². The minimum Gasteiger partial charge on any atom is -0.343 e. The minimum atomic E-state index is -3.67. The number of para-hydroxylation sites is 1. The summed E-state index contributed by atoms with van der Waals surface area (Å²) in [4.78, 5) is 29.3. The Morgan fingerprint density at radius 1 is 0.971 bits per heavy atom. The van der Waals surface area contributed by atoms with Crippen molar-refractivity contribution in [2.24, 2.45) is 0 Å². The molecule has 0 radical (unpaired) electrons. The summed E-state index contributed by atoms with van der Waals surface area (Å²) < 4.78 is 26.7. The van der Waals surface area contributed by atoms with Crippen molar-refractivity contribution in [2.75, 3.05) is 26.0 Å². The highest BCUT2D eigenvalue weighted by atomic mass is 32.2. The van der Waals surface area contributed by atoms with Crippen molar-refractivity contribution < 1.29 is 18.0 Å². The van der Waals surface area contributed by atoms with Crippen LogP contribution in [0.4, 0.5) is 5.69 Å². The number of anilines is 1. The number of fused-ring (bicyclic) bond motifs is 1. The molecule has 34 heavy (non-hydrogen) atoms. The first-order valence-electron chi connectivity index (χ1n) is 10.3. The Morgan fingerprint density at radius 3 is 2.41 bits per heavy atom. The molecule has 0 fully saturated rings. The molecule has 0 spiro atoms. The number of hydrogen-bond donors (Lipinski definition) is 2. The zero-order valence-corrected chi connectivity index (χ0v) is 20.1. The Labute approximate surface area is 201 Å². The van der Waals surface area contributed by atoms with Gasteiger partial charge in [0.05, 0.1) is 21.7 Å². The van der Waals surface area contributed by atoms with Gasteiger partial charge in [0.2, 0.25) is 15.9 Å². The van der Waals surface area contributed by atoms with Crippen molar-refractivity contribution in [2.45, 2.75) is 4.90 Å². The van der Waals surface area contributed by atoms with Crippen molar-refractivity contribution in [1.82, 2.24) is 14.6 Å². The Hall–Kier alpha value is -3.60. The third kappa shape index (κ3) is 5.14. The SMILES string of the molecule is CN(C)S(=O)(=O)c1cccc(C(=O)NCC(=O)Nc2ccc(-c3nc4ccccc4s3)cc2)c1. The fourth-order valence-corrected chi connectivity index (χ4v) is 5.09. The molecule has 0 saturated carbocycles. The molecule has 4 rings (SSSR count). The van der Waals surface area contributed by atoms with Gasteiger partial charge in [-0.1, -0.05) is 18.2 Å². The van der Waals surface area contributed by atoms with Crippen LogP contribution in [0.2, 0.25) is 0 Å². The van der Waals surface area contributed by atoms with Crippen molar-refractivity contribution in [3.63, 3.8) is 0 Å². The summed E-state index contributed by atoms with van der Waals surface area (Å²) >= 11 is 1.60. The van der Waals surface area contributed by atoms with Gasteiger partial charge in [0.15, 0.2) is 0 Å². The van der Waals surface area contributed by atoms with Crippen LogP contribution in [0, 0.1) is 0 Å². The number of carbonyl (C=O) groups excluding carboxylic acids is 2. The minimum absolute atomic E-state index is 0.00261. The number of nitrogens with zero attached hydrogens (tertiary/aromatic N) is 2. The second kappa shape index (κ2) is 9.72. The van der Waals surface area contributed by atoms with Crippen molar-refractivity contribution in [3.8, 4) is 10.6 Å². The Balaban J connectivity index is 1.35. The lowest BCUT2D eigenvalue weighted by Crippen LogP contribution is -2.33. The third-order valence-electron chi connectivity index (χ3n) is 4.99. The first-order valence-corrected chi connectivity index (χ1v) is 12.6. The largest absolute Gasteiger partial charge is 0.343 e. The van der Waals surface area contributed by atoms with Gasteiger partial charge >= 0.3 is 0 Å². The maximum atomic E-state index is 12.4. The van der Waals surface area contributed by atoms with Gasteiger partial charge in [-0.05, 0) is 54.6 Å². The van der Waals surface area contributed by atoms with Crippen LogP contribution in [0.25, 0.3) is 20.8 Å². The van der Waals surface area contributed by atoms with Crippen LogP contribution in [0.5, 0.6) is 0 Å². The molecule has 0 unspecified atom stereocenters. The molecular formula is C24H22N4O4S2. The number of aromatic nitrogens is 1. The van der Waals surface area contributed by atoms with Gasteiger partial charge in [-0.3, -0.25) is 9.59 Å². The lowest BCUT2D eigenvalue weighted by atomic mass is 10.2. The first-order chi connectivity index (χ1) is 16.2. The molecule has 8 nitrogen and oxygen atoms in total. The van der Waals surface area contributed by atoms with Crippen LogP contribution in [0.1, 0.15) is 10.4 Å². The fraction of sp³-hybridized carbons (Fsp3) is 0.125. The van der Waals surface area contributed by atoms with E-state index in [1.165, 1.54) is 38.4 Å². The number of hydrogen-bond acceptors (Lipinski definition) is 6. The maximum absolute atomic E-state index is 12.4. The number of amides is 2. The molecule has 174 valence electrons.